The zero-order chi connectivity index (χ0) is 13.7. The normalized spacial score (nSPS) is 32.7. The molecular weight excluding hydrogens is 238 g/mol. The van der Waals surface area contributed by atoms with E-state index in [1.165, 1.54) is 7.05 Å². The average molecular weight is 263 g/mol. The van der Waals surface area contributed by atoms with Crippen molar-refractivity contribution in [2.75, 3.05) is 7.05 Å². The molecule has 0 aromatic carbocycles. The van der Waals surface area contributed by atoms with Crippen LogP contribution in [0.25, 0.3) is 0 Å². The minimum atomic E-state index is -4.15. The molecule has 0 amide bonds. The molecule has 1 atom stereocenters. The van der Waals surface area contributed by atoms with Crippen LogP contribution in [0, 0.1) is 10.8 Å². The molecule has 1 N–H and O–H groups in total. The topological polar surface area (TPSA) is 57.6 Å². The first-order valence-electron chi connectivity index (χ1n) is 6.08. The molecule has 102 valence electrons. The highest BCUT2D eigenvalue weighted by molar-refractivity contribution is 7.83. The Labute approximate surface area is 105 Å². The second kappa shape index (κ2) is 3.93. The van der Waals surface area contributed by atoms with Crippen molar-refractivity contribution < 1.29 is 13.0 Å². The Bertz CT molecular complexity index is 400. The van der Waals surface area contributed by atoms with Crippen LogP contribution in [0.15, 0.2) is 0 Å². The van der Waals surface area contributed by atoms with Crippen molar-refractivity contribution in [3.05, 3.63) is 0 Å². The molecular formula is C12H25NO3S. The Kier molecular flexibility index (Phi) is 3.45. The summed E-state index contributed by atoms with van der Waals surface area (Å²) in [5, 5.41) is 0. The van der Waals surface area contributed by atoms with E-state index in [0.717, 1.165) is 23.6 Å². The van der Waals surface area contributed by atoms with Gasteiger partial charge in [0.05, 0.1) is 0 Å². The Balaban J connectivity index is 3.28. The van der Waals surface area contributed by atoms with Crippen molar-refractivity contribution in [3.63, 3.8) is 0 Å². The summed E-state index contributed by atoms with van der Waals surface area (Å²) in [6.45, 7) is 10.5. The molecule has 0 spiro atoms. The van der Waals surface area contributed by atoms with Crippen molar-refractivity contribution in [1.29, 1.82) is 0 Å². The van der Waals surface area contributed by atoms with Gasteiger partial charge in [0.15, 0.2) is 0 Å². The quantitative estimate of drug-likeness (QED) is 0.779. The fourth-order valence-electron chi connectivity index (χ4n) is 3.03. The van der Waals surface area contributed by atoms with Crippen LogP contribution in [0.2, 0.25) is 0 Å². The summed E-state index contributed by atoms with van der Waals surface area (Å²) < 4.78 is 33.3. The lowest BCUT2D eigenvalue weighted by Gasteiger charge is -2.59. The van der Waals surface area contributed by atoms with E-state index in [1.807, 2.05) is 6.92 Å². The van der Waals surface area contributed by atoms with Gasteiger partial charge < -0.3 is 0 Å². The molecule has 1 saturated carbocycles. The van der Waals surface area contributed by atoms with E-state index < -0.39 is 15.8 Å². The van der Waals surface area contributed by atoms with Crippen molar-refractivity contribution in [2.45, 2.75) is 59.4 Å². The van der Waals surface area contributed by atoms with Crippen molar-refractivity contribution in [2.24, 2.45) is 10.8 Å². The summed E-state index contributed by atoms with van der Waals surface area (Å²) in [6.07, 6.45) is 2.83. The molecule has 1 aliphatic carbocycles. The van der Waals surface area contributed by atoms with Gasteiger partial charge in [-0.1, -0.05) is 34.1 Å². The first kappa shape index (κ1) is 14.9. The summed E-state index contributed by atoms with van der Waals surface area (Å²) in [5.41, 5.74) is -0.718. The average Bonchev–Trinajstić information content (AvgIpc) is 2.12. The van der Waals surface area contributed by atoms with Gasteiger partial charge in [-0.25, -0.2) is 0 Å². The Morgan fingerprint density at radius 2 is 1.53 bits per heavy atom. The highest BCUT2D eigenvalue weighted by atomic mass is 32.2. The maximum Gasteiger partial charge on any atom is 0.336 e. The second-order valence-electron chi connectivity index (χ2n) is 6.58. The summed E-state index contributed by atoms with van der Waals surface area (Å²) >= 11 is 0. The van der Waals surface area contributed by atoms with Gasteiger partial charge in [0.25, 0.3) is 0 Å². The van der Waals surface area contributed by atoms with E-state index in [9.17, 15) is 13.0 Å². The van der Waals surface area contributed by atoms with Gasteiger partial charge in [0, 0.05) is 12.6 Å². The van der Waals surface area contributed by atoms with Crippen molar-refractivity contribution in [3.8, 4) is 0 Å². The lowest BCUT2D eigenvalue weighted by atomic mass is 9.52. The van der Waals surface area contributed by atoms with Gasteiger partial charge in [0.2, 0.25) is 0 Å². The lowest BCUT2D eigenvalue weighted by molar-refractivity contribution is -0.0736. The summed E-state index contributed by atoms with van der Waals surface area (Å²) in [6, 6.07) is 0. The number of rotatable bonds is 2. The van der Waals surface area contributed by atoms with Crippen LogP contribution in [-0.2, 0) is 10.3 Å². The predicted molar refractivity (Wildman–Crippen MR) is 69.1 cm³/mol. The molecule has 1 rings (SSSR count). The minimum absolute atomic E-state index is 0.0406. The van der Waals surface area contributed by atoms with Gasteiger partial charge in [-0.2, -0.15) is 12.7 Å². The van der Waals surface area contributed by atoms with E-state index in [0.29, 0.717) is 0 Å². The van der Waals surface area contributed by atoms with Crippen LogP contribution in [0.5, 0.6) is 0 Å². The number of hydrogen-bond donors (Lipinski definition) is 1. The SMILES string of the molecule is CN(C1(C)CCCC(C)(C)C1(C)C)S(=O)(=O)O. The first-order valence-corrected chi connectivity index (χ1v) is 7.47. The first-order chi connectivity index (χ1) is 7.36. The molecule has 0 radical (unpaired) electrons. The van der Waals surface area contributed by atoms with Crippen LogP contribution in [0.1, 0.15) is 53.9 Å². The number of hydrogen-bond acceptors (Lipinski definition) is 2. The smallest absolute Gasteiger partial charge is 0.273 e. The van der Waals surface area contributed by atoms with E-state index >= 15 is 0 Å². The van der Waals surface area contributed by atoms with Gasteiger partial charge in [-0.05, 0) is 30.6 Å². The Morgan fingerprint density at radius 3 is 1.94 bits per heavy atom. The molecule has 0 heterocycles. The van der Waals surface area contributed by atoms with Gasteiger partial charge in [-0.15, -0.1) is 0 Å². The van der Waals surface area contributed by atoms with Gasteiger partial charge in [-0.3, -0.25) is 4.55 Å². The fourth-order valence-corrected chi connectivity index (χ4v) is 3.86. The molecule has 1 aliphatic rings. The highest BCUT2D eigenvalue weighted by Crippen LogP contribution is 2.57. The van der Waals surface area contributed by atoms with Crippen molar-refractivity contribution >= 4 is 10.3 Å². The maximum absolute atomic E-state index is 11.4. The monoisotopic (exact) mass is 263 g/mol. The summed E-state index contributed by atoms with van der Waals surface area (Å²) in [5.74, 6) is 0. The summed E-state index contributed by atoms with van der Waals surface area (Å²) in [4.78, 5) is 0. The predicted octanol–water partition coefficient (Wildman–Crippen LogP) is 2.72. The molecule has 0 aromatic heterocycles. The molecule has 17 heavy (non-hydrogen) atoms. The fraction of sp³-hybridized carbons (Fsp3) is 1.00. The lowest BCUT2D eigenvalue weighted by Crippen LogP contribution is -2.63. The third-order valence-corrected chi connectivity index (χ3v) is 6.64. The third kappa shape index (κ3) is 2.13. The molecule has 0 bridgehead atoms. The zero-order valence-electron chi connectivity index (χ0n) is 11.7. The van der Waals surface area contributed by atoms with E-state index in [4.69, 9.17) is 0 Å². The molecule has 1 fully saturated rings. The van der Waals surface area contributed by atoms with Crippen LogP contribution < -0.4 is 0 Å². The van der Waals surface area contributed by atoms with E-state index in [-0.39, 0.29) is 10.8 Å². The largest absolute Gasteiger partial charge is 0.336 e. The van der Waals surface area contributed by atoms with E-state index in [1.54, 1.807) is 0 Å². The molecule has 0 saturated heterocycles. The Hall–Kier alpha value is -0.130. The van der Waals surface area contributed by atoms with Gasteiger partial charge >= 0.3 is 10.3 Å². The third-order valence-electron chi connectivity index (χ3n) is 5.54. The van der Waals surface area contributed by atoms with Crippen molar-refractivity contribution in [1.82, 2.24) is 4.31 Å². The molecule has 4 nitrogen and oxygen atoms in total. The second-order valence-corrected chi connectivity index (χ2v) is 8.02. The minimum Gasteiger partial charge on any atom is -0.273 e. The highest BCUT2D eigenvalue weighted by Gasteiger charge is 2.56. The zero-order valence-corrected chi connectivity index (χ0v) is 12.6. The van der Waals surface area contributed by atoms with Crippen LogP contribution in [0.4, 0.5) is 0 Å². The van der Waals surface area contributed by atoms with Gasteiger partial charge in [0.1, 0.15) is 0 Å². The standard InChI is InChI=1S/C12H25NO3S/c1-10(2)8-7-9-12(5,11(10,3)4)13(6)17(14,15)16/h7-9H2,1-6H3,(H,14,15,16). The summed E-state index contributed by atoms with van der Waals surface area (Å²) in [7, 11) is -2.68. The Morgan fingerprint density at radius 1 is 1.06 bits per heavy atom. The van der Waals surface area contributed by atoms with Crippen LogP contribution in [-0.4, -0.2) is 29.9 Å². The van der Waals surface area contributed by atoms with E-state index in [2.05, 4.69) is 27.7 Å². The number of nitrogens with zero attached hydrogens (tertiary/aromatic N) is 1. The molecule has 5 heteroatoms. The molecule has 0 aliphatic heterocycles. The molecule has 0 aromatic rings. The molecule has 1 unspecified atom stereocenters. The van der Waals surface area contributed by atoms with Crippen LogP contribution in [0.3, 0.4) is 0 Å². The maximum atomic E-state index is 11.4. The van der Waals surface area contributed by atoms with Crippen LogP contribution >= 0.6 is 0 Å².